The van der Waals surface area contributed by atoms with Crippen molar-refractivity contribution in [2.24, 2.45) is 47.3 Å². The number of aliphatic hydroxyl groups is 3. The van der Waals surface area contributed by atoms with E-state index in [4.69, 9.17) is 37.9 Å². The largest absolute Gasteiger partial charge is 0.481 e. The lowest BCUT2D eigenvalue weighted by atomic mass is 9.76. The molecule has 0 saturated carbocycles. The van der Waals surface area contributed by atoms with E-state index < -0.39 is 84.2 Å². The molecule has 21 atom stereocenters. The predicted octanol–water partition coefficient (Wildman–Crippen LogP) is 6.15. The fourth-order valence-electron chi connectivity index (χ4n) is 11.8. The van der Waals surface area contributed by atoms with E-state index in [1.807, 2.05) is 33.8 Å². The summed E-state index contributed by atoms with van der Waals surface area (Å²) in [6, 6.07) is 0. The van der Waals surface area contributed by atoms with Crippen molar-refractivity contribution in [2.75, 3.05) is 13.7 Å². The molecule has 0 amide bonds. The van der Waals surface area contributed by atoms with Gasteiger partial charge in [0.15, 0.2) is 29.4 Å². The molecule has 6 aliphatic rings. The molecule has 0 aromatic carbocycles. The number of aliphatic carboxylic acids is 1. The smallest absolute Gasteiger partial charge is 0.306 e. The van der Waals surface area contributed by atoms with Gasteiger partial charge in [0.1, 0.15) is 0 Å². The highest BCUT2D eigenvalue weighted by Crippen LogP contribution is 2.56. The number of carbonyl (C=O) groups excluding carboxylic acids is 1. The predicted molar refractivity (Wildman–Crippen MR) is 224 cm³/mol. The Morgan fingerprint density at radius 3 is 2.25 bits per heavy atom. The summed E-state index contributed by atoms with van der Waals surface area (Å²) in [5, 5.41) is 42.5. The number of hydrogen-bond donors (Lipinski definition) is 4. The van der Waals surface area contributed by atoms with Gasteiger partial charge in [-0.25, -0.2) is 0 Å². The average Bonchev–Trinajstić information content (AvgIpc) is 3.71. The van der Waals surface area contributed by atoms with Crippen molar-refractivity contribution in [3.63, 3.8) is 0 Å². The number of aliphatic hydroxyl groups excluding tert-OH is 2. The third kappa shape index (κ3) is 9.71. The first-order valence-corrected chi connectivity index (χ1v) is 23.2. The van der Waals surface area contributed by atoms with Crippen molar-refractivity contribution >= 4 is 11.8 Å². The van der Waals surface area contributed by atoms with Gasteiger partial charge in [0.05, 0.1) is 67.0 Å². The molecule has 0 bridgehead atoms. The van der Waals surface area contributed by atoms with Gasteiger partial charge >= 0.3 is 5.97 Å². The normalized spacial score (nSPS) is 48.6. The number of rotatable bonds is 13. The van der Waals surface area contributed by atoms with Gasteiger partial charge in [0, 0.05) is 68.3 Å². The highest BCUT2D eigenvalue weighted by molar-refractivity contribution is 5.96. The number of hydrogen-bond acceptors (Lipinski definition) is 13. The summed E-state index contributed by atoms with van der Waals surface area (Å²) < 4.78 is 53.9. The van der Waals surface area contributed by atoms with Crippen LogP contribution in [0, 0.1) is 47.3 Å². The van der Waals surface area contributed by atoms with Crippen LogP contribution in [-0.4, -0.2) is 124 Å². The Morgan fingerprint density at radius 1 is 0.902 bits per heavy atom. The van der Waals surface area contributed by atoms with E-state index in [9.17, 15) is 30.0 Å². The molecule has 0 aromatic rings. The van der Waals surface area contributed by atoms with E-state index in [-0.39, 0.29) is 72.4 Å². The summed E-state index contributed by atoms with van der Waals surface area (Å²) in [7, 11) is 1.70. The first kappa shape index (κ1) is 48.9. The maximum Gasteiger partial charge on any atom is 0.306 e. The minimum Gasteiger partial charge on any atom is -0.481 e. The standard InChI is InChI=1S/C47H78O14/c1-24(40(50)25(2)18-28(5)43(51)52)17-26(3)41-31(8)34(49)22-45(59-41)16-15-44(11,61-45)38-21-36(56-39-14-13-35(54-12)33(10)55-39)32(9)47(58-38)30(7)20-37(57-47)42-27(4)19-29(6)46(53,23-48)60-42/h17,25-39,41-42,48-49,53H,13-16,18-23H2,1-12H3,(H,51,52)/b24-17+/t25-,26-,27+,28+,29-,30+,31+,32-,33-,34+,35-,36-,37+,38-,39+,41+,42-,44+,45-,46-,47+/m1/s1. The molecule has 0 aliphatic carbocycles. The van der Waals surface area contributed by atoms with Crippen molar-refractivity contribution < 1.29 is 67.9 Å². The molecule has 6 rings (SSSR count). The Balaban J connectivity index is 1.24. The summed E-state index contributed by atoms with van der Waals surface area (Å²) in [5.74, 6) is -7.01. The molecule has 6 saturated heterocycles. The van der Waals surface area contributed by atoms with Crippen LogP contribution in [0.1, 0.15) is 134 Å². The van der Waals surface area contributed by atoms with Gasteiger partial charge in [-0.2, -0.15) is 0 Å². The monoisotopic (exact) mass is 867 g/mol. The van der Waals surface area contributed by atoms with E-state index in [0.29, 0.717) is 44.1 Å². The quantitative estimate of drug-likeness (QED) is 0.154. The number of carbonyl (C=O) groups is 2. The fraction of sp³-hybridized carbons (Fsp3) is 0.915. The summed E-state index contributed by atoms with van der Waals surface area (Å²) in [4.78, 5) is 24.8. The van der Waals surface area contributed by atoms with E-state index in [2.05, 4.69) is 27.7 Å². The van der Waals surface area contributed by atoms with Gasteiger partial charge in [-0.05, 0) is 64.4 Å². The summed E-state index contributed by atoms with van der Waals surface area (Å²) in [5.41, 5.74) is -0.326. The number of allylic oxidation sites excluding steroid dienone is 1. The fourth-order valence-corrected chi connectivity index (χ4v) is 11.8. The number of methoxy groups -OCH3 is 1. The molecule has 61 heavy (non-hydrogen) atoms. The SMILES string of the molecule is CO[C@@H]1CC[C@H](O[C@@H]2C[C@H]([C@]3(C)CC[C@]4(C[C@H](O)[C@H](C)[C@H]([C@H](C)/C=C(\C)C(=O)[C@H](C)C[C@H](C)C(=O)O)O4)O3)O[C@]3(O[C@H]([C@@H]4O[C@](O)(CO)[C@H](C)C[C@@H]4C)C[C@@H]3C)[C@@H]2C)O[C@@H]1C. The lowest BCUT2D eigenvalue weighted by Crippen LogP contribution is -2.63. The second kappa shape index (κ2) is 18.7. The Bertz CT molecular complexity index is 1570. The Kier molecular flexibility index (Phi) is 15.0. The van der Waals surface area contributed by atoms with Crippen molar-refractivity contribution in [1.82, 2.24) is 0 Å². The third-order valence-corrected chi connectivity index (χ3v) is 15.9. The second-order valence-electron chi connectivity index (χ2n) is 20.6. The number of carboxylic acid groups (broad SMARTS) is 1. The molecule has 2 spiro atoms. The Morgan fingerprint density at radius 2 is 1.61 bits per heavy atom. The van der Waals surface area contributed by atoms with Crippen molar-refractivity contribution in [3.05, 3.63) is 11.6 Å². The van der Waals surface area contributed by atoms with Gasteiger partial charge in [-0.3, -0.25) is 9.59 Å². The van der Waals surface area contributed by atoms with E-state index in [1.54, 1.807) is 27.9 Å². The van der Waals surface area contributed by atoms with Gasteiger partial charge in [-0.1, -0.05) is 61.5 Å². The van der Waals surface area contributed by atoms with Gasteiger partial charge in [0.2, 0.25) is 0 Å². The maximum atomic E-state index is 13.4. The van der Waals surface area contributed by atoms with Crippen LogP contribution < -0.4 is 0 Å². The van der Waals surface area contributed by atoms with Crippen LogP contribution in [0.25, 0.3) is 0 Å². The average molecular weight is 867 g/mol. The molecule has 14 nitrogen and oxygen atoms in total. The van der Waals surface area contributed by atoms with Gasteiger partial charge < -0.3 is 58.3 Å². The molecule has 0 unspecified atom stereocenters. The van der Waals surface area contributed by atoms with E-state index in [1.165, 1.54) is 0 Å². The molecule has 6 aliphatic heterocycles. The zero-order valence-electron chi connectivity index (χ0n) is 38.8. The summed E-state index contributed by atoms with van der Waals surface area (Å²) in [6.45, 7) is 20.9. The Hall–Kier alpha value is -1.56. The lowest BCUT2D eigenvalue weighted by molar-refractivity contribution is -0.390. The highest BCUT2D eigenvalue weighted by Gasteiger charge is 2.65. The molecular formula is C47H78O14. The zero-order valence-corrected chi connectivity index (χ0v) is 38.8. The lowest BCUT2D eigenvalue weighted by Gasteiger charge is -2.54. The molecule has 0 radical (unpaired) electrons. The van der Waals surface area contributed by atoms with Crippen LogP contribution >= 0.6 is 0 Å². The summed E-state index contributed by atoms with van der Waals surface area (Å²) in [6.07, 6.45) is 3.25. The first-order valence-electron chi connectivity index (χ1n) is 23.2. The molecule has 4 N–H and O–H groups in total. The molecule has 14 heteroatoms. The minimum absolute atomic E-state index is 0.0130. The van der Waals surface area contributed by atoms with Crippen LogP contribution in [0.4, 0.5) is 0 Å². The van der Waals surface area contributed by atoms with Gasteiger partial charge in [0.25, 0.3) is 0 Å². The van der Waals surface area contributed by atoms with Crippen molar-refractivity contribution in [3.8, 4) is 0 Å². The number of ether oxygens (including phenoxy) is 8. The van der Waals surface area contributed by atoms with E-state index in [0.717, 1.165) is 6.42 Å². The molecule has 350 valence electrons. The van der Waals surface area contributed by atoms with Crippen molar-refractivity contribution in [2.45, 2.75) is 212 Å². The van der Waals surface area contributed by atoms with Crippen LogP contribution in [0.3, 0.4) is 0 Å². The molecule has 6 heterocycles. The van der Waals surface area contributed by atoms with Crippen LogP contribution in [0.5, 0.6) is 0 Å². The Labute approximate surface area is 363 Å². The van der Waals surface area contributed by atoms with Crippen molar-refractivity contribution in [1.29, 1.82) is 0 Å². The highest BCUT2D eigenvalue weighted by atomic mass is 16.8. The maximum absolute atomic E-state index is 13.4. The number of Topliss-reactive ketones (excluding diaryl/α,β-unsaturated/α-hetero) is 1. The second-order valence-corrected chi connectivity index (χ2v) is 20.6. The summed E-state index contributed by atoms with van der Waals surface area (Å²) >= 11 is 0. The number of carboxylic acids is 1. The van der Waals surface area contributed by atoms with Crippen LogP contribution in [0.2, 0.25) is 0 Å². The zero-order chi connectivity index (χ0) is 45.0. The molecule has 6 fully saturated rings. The number of ketones is 1. The van der Waals surface area contributed by atoms with Crippen LogP contribution in [-0.2, 0) is 47.5 Å². The molecular weight excluding hydrogens is 789 g/mol. The minimum atomic E-state index is -1.66. The van der Waals surface area contributed by atoms with E-state index >= 15 is 0 Å². The first-order chi connectivity index (χ1) is 28.5. The molecule has 0 aromatic heterocycles. The third-order valence-electron chi connectivity index (χ3n) is 15.9. The van der Waals surface area contributed by atoms with Gasteiger partial charge in [-0.15, -0.1) is 0 Å². The van der Waals surface area contributed by atoms with Crippen LogP contribution in [0.15, 0.2) is 11.6 Å². The topological polar surface area (TPSA) is 189 Å².